The maximum absolute atomic E-state index is 11.9. The lowest BCUT2D eigenvalue weighted by molar-refractivity contribution is -0.149. The predicted molar refractivity (Wildman–Crippen MR) is 99.7 cm³/mol. The SMILES string of the molecule is CC(C)OC(=O)COc1ccc(/C=N\NC(=O)c2cccc(Cl)c2)cc1. The number of carbonyl (C=O) groups excluding carboxylic acids is 2. The van der Waals surface area contributed by atoms with Gasteiger partial charge >= 0.3 is 5.97 Å². The molecule has 0 aliphatic carbocycles. The number of benzene rings is 2. The highest BCUT2D eigenvalue weighted by Gasteiger charge is 2.06. The monoisotopic (exact) mass is 374 g/mol. The van der Waals surface area contributed by atoms with E-state index in [9.17, 15) is 9.59 Å². The van der Waals surface area contributed by atoms with Crippen molar-refractivity contribution in [3.63, 3.8) is 0 Å². The van der Waals surface area contributed by atoms with E-state index in [1.54, 1.807) is 62.4 Å². The Morgan fingerprint density at radius 1 is 1.19 bits per heavy atom. The Balaban J connectivity index is 1.83. The van der Waals surface area contributed by atoms with Crippen molar-refractivity contribution in [3.05, 3.63) is 64.7 Å². The molecule has 0 aliphatic rings. The summed E-state index contributed by atoms with van der Waals surface area (Å²) in [5, 5.41) is 4.38. The smallest absolute Gasteiger partial charge is 0.344 e. The van der Waals surface area contributed by atoms with Crippen molar-refractivity contribution in [2.75, 3.05) is 6.61 Å². The average molecular weight is 375 g/mol. The molecule has 2 aromatic carbocycles. The number of amides is 1. The van der Waals surface area contributed by atoms with Crippen LogP contribution in [0.15, 0.2) is 53.6 Å². The van der Waals surface area contributed by atoms with E-state index in [0.717, 1.165) is 5.56 Å². The predicted octanol–water partition coefficient (Wildman–Crippen LogP) is 3.43. The van der Waals surface area contributed by atoms with Gasteiger partial charge in [0.1, 0.15) is 5.75 Å². The van der Waals surface area contributed by atoms with Gasteiger partial charge in [0.25, 0.3) is 5.91 Å². The van der Waals surface area contributed by atoms with Crippen molar-refractivity contribution >= 4 is 29.7 Å². The van der Waals surface area contributed by atoms with E-state index in [4.69, 9.17) is 21.1 Å². The van der Waals surface area contributed by atoms with Crippen molar-refractivity contribution in [2.24, 2.45) is 5.10 Å². The Kier molecular flexibility index (Phi) is 7.17. The quantitative estimate of drug-likeness (QED) is 0.457. The maximum atomic E-state index is 11.9. The number of ether oxygens (including phenoxy) is 2. The van der Waals surface area contributed by atoms with Gasteiger partial charge in [-0.3, -0.25) is 4.79 Å². The van der Waals surface area contributed by atoms with Crippen molar-refractivity contribution in [1.29, 1.82) is 0 Å². The Bertz CT molecular complexity index is 788. The largest absolute Gasteiger partial charge is 0.482 e. The first kappa shape index (κ1) is 19.5. The second-order valence-corrected chi connectivity index (χ2v) is 6.04. The number of nitrogens with one attached hydrogen (secondary N) is 1. The molecule has 1 N–H and O–H groups in total. The fourth-order valence-electron chi connectivity index (χ4n) is 1.95. The summed E-state index contributed by atoms with van der Waals surface area (Å²) in [6, 6.07) is 13.5. The molecule has 2 aromatic rings. The van der Waals surface area contributed by atoms with Gasteiger partial charge in [-0.05, 0) is 61.9 Å². The summed E-state index contributed by atoms with van der Waals surface area (Å²) in [6.45, 7) is 3.40. The number of hydrogen-bond acceptors (Lipinski definition) is 5. The minimum atomic E-state index is -0.422. The molecular formula is C19H19ClN2O4. The second-order valence-electron chi connectivity index (χ2n) is 5.61. The second kappa shape index (κ2) is 9.58. The van der Waals surface area contributed by atoms with Crippen molar-refractivity contribution in [3.8, 4) is 5.75 Å². The van der Waals surface area contributed by atoms with Crippen LogP contribution < -0.4 is 10.2 Å². The highest BCUT2D eigenvalue weighted by molar-refractivity contribution is 6.30. The van der Waals surface area contributed by atoms with Gasteiger partial charge in [-0.1, -0.05) is 17.7 Å². The molecule has 0 atom stereocenters. The van der Waals surface area contributed by atoms with E-state index in [1.807, 2.05) is 0 Å². The van der Waals surface area contributed by atoms with Gasteiger partial charge in [-0.25, -0.2) is 10.2 Å². The molecule has 136 valence electrons. The number of nitrogens with zero attached hydrogens (tertiary/aromatic N) is 1. The number of hydrazone groups is 1. The number of esters is 1. The Labute approximate surface area is 156 Å². The van der Waals surface area contributed by atoms with Crippen LogP contribution in [-0.4, -0.2) is 30.8 Å². The minimum absolute atomic E-state index is 0.151. The molecular weight excluding hydrogens is 356 g/mol. The summed E-state index contributed by atoms with van der Waals surface area (Å²) in [4.78, 5) is 23.3. The van der Waals surface area contributed by atoms with Crippen molar-refractivity contribution < 1.29 is 19.1 Å². The standard InChI is InChI=1S/C19H19ClN2O4/c1-13(2)26-18(23)12-25-17-8-6-14(7-9-17)11-21-22-19(24)15-4-3-5-16(20)10-15/h3-11,13H,12H2,1-2H3,(H,22,24)/b21-11-. The zero-order chi connectivity index (χ0) is 18.9. The summed E-state index contributed by atoms with van der Waals surface area (Å²) >= 11 is 5.84. The third kappa shape index (κ3) is 6.57. The molecule has 7 heteroatoms. The number of carbonyl (C=O) groups is 2. The molecule has 0 spiro atoms. The zero-order valence-electron chi connectivity index (χ0n) is 14.4. The summed E-state index contributed by atoms with van der Waals surface area (Å²) in [5.74, 6) is -0.243. The van der Waals surface area contributed by atoms with Crippen LogP contribution in [0.3, 0.4) is 0 Å². The van der Waals surface area contributed by atoms with E-state index in [1.165, 1.54) is 6.21 Å². The fraction of sp³-hybridized carbons (Fsp3) is 0.211. The highest BCUT2D eigenvalue weighted by Crippen LogP contribution is 2.12. The first-order valence-electron chi connectivity index (χ1n) is 7.95. The number of rotatable bonds is 7. The molecule has 0 unspecified atom stereocenters. The van der Waals surface area contributed by atoms with Gasteiger partial charge in [0.05, 0.1) is 12.3 Å². The summed E-state index contributed by atoms with van der Waals surface area (Å²) in [6.07, 6.45) is 1.33. The van der Waals surface area contributed by atoms with Crippen LogP contribution in [0.25, 0.3) is 0 Å². The molecule has 0 radical (unpaired) electrons. The van der Waals surface area contributed by atoms with E-state index >= 15 is 0 Å². The van der Waals surface area contributed by atoms with Crippen molar-refractivity contribution in [1.82, 2.24) is 5.43 Å². The number of halogens is 1. The molecule has 6 nitrogen and oxygen atoms in total. The van der Waals surface area contributed by atoms with E-state index in [0.29, 0.717) is 16.3 Å². The van der Waals surface area contributed by atoms with Crippen LogP contribution in [0.2, 0.25) is 5.02 Å². The molecule has 26 heavy (non-hydrogen) atoms. The van der Waals surface area contributed by atoms with E-state index in [2.05, 4.69) is 10.5 Å². The molecule has 1 amide bonds. The molecule has 0 aromatic heterocycles. The molecule has 0 aliphatic heterocycles. The molecule has 0 bridgehead atoms. The summed E-state index contributed by atoms with van der Waals surface area (Å²) in [5.41, 5.74) is 3.61. The Morgan fingerprint density at radius 2 is 1.92 bits per heavy atom. The van der Waals surface area contributed by atoms with Crippen LogP contribution in [0.5, 0.6) is 5.75 Å². The summed E-state index contributed by atoms with van der Waals surface area (Å²) < 4.78 is 10.3. The van der Waals surface area contributed by atoms with Crippen LogP contribution in [0.1, 0.15) is 29.8 Å². The highest BCUT2D eigenvalue weighted by atomic mass is 35.5. The molecule has 0 saturated carbocycles. The van der Waals surface area contributed by atoms with Gasteiger partial charge in [0.2, 0.25) is 0 Å². The van der Waals surface area contributed by atoms with Gasteiger partial charge < -0.3 is 9.47 Å². The van der Waals surface area contributed by atoms with Crippen LogP contribution in [-0.2, 0) is 9.53 Å². The molecule has 0 heterocycles. The Hall–Kier alpha value is -2.86. The van der Waals surface area contributed by atoms with Crippen LogP contribution in [0, 0.1) is 0 Å². The first-order chi connectivity index (χ1) is 12.4. The zero-order valence-corrected chi connectivity index (χ0v) is 15.2. The van der Waals surface area contributed by atoms with Gasteiger partial charge in [0.15, 0.2) is 6.61 Å². The van der Waals surface area contributed by atoms with Crippen molar-refractivity contribution in [2.45, 2.75) is 20.0 Å². The topological polar surface area (TPSA) is 77.0 Å². The third-order valence-corrected chi connectivity index (χ3v) is 3.31. The van der Waals surface area contributed by atoms with Gasteiger partial charge in [0, 0.05) is 10.6 Å². The lowest BCUT2D eigenvalue weighted by Crippen LogP contribution is -2.18. The average Bonchev–Trinajstić information content (AvgIpc) is 2.60. The van der Waals surface area contributed by atoms with Gasteiger partial charge in [-0.2, -0.15) is 5.10 Å². The normalized spacial score (nSPS) is 10.8. The molecule has 0 saturated heterocycles. The van der Waals surface area contributed by atoms with Crippen LogP contribution >= 0.6 is 11.6 Å². The maximum Gasteiger partial charge on any atom is 0.344 e. The minimum Gasteiger partial charge on any atom is -0.482 e. The third-order valence-electron chi connectivity index (χ3n) is 3.07. The van der Waals surface area contributed by atoms with Gasteiger partial charge in [-0.15, -0.1) is 0 Å². The molecule has 0 fully saturated rings. The fourth-order valence-corrected chi connectivity index (χ4v) is 2.14. The van der Waals surface area contributed by atoms with Crippen LogP contribution in [0.4, 0.5) is 0 Å². The molecule has 2 rings (SSSR count). The van der Waals surface area contributed by atoms with E-state index in [-0.39, 0.29) is 18.6 Å². The number of hydrogen-bond donors (Lipinski definition) is 1. The Morgan fingerprint density at radius 3 is 2.58 bits per heavy atom. The van der Waals surface area contributed by atoms with E-state index < -0.39 is 5.97 Å². The summed E-state index contributed by atoms with van der Waals surface area (Å²) in [7, 11) is 0. The first-order valence-corrected chi connectivity index (χ1v) is 8.33. The lowest BCUT2D eigenvalue weighted by Gasteiger charge is -2.09. The lowest BCUT2D eigenvalue weighted by atomic mass is 10.2.